The van der Waals surface area contributed by atoms with Crippen LogP contribution in [0.25, 0.3) is 0 Å². The van der Waals surface area contributed by atoms with Crippen molar-refractivity contribution >= 4 is 0 Å². The molecule has 0 radical (unpaired) electrons. The zero-order valence-electron chi connectivity index (χ0n) is 13.1. The van der Waals surface area contributed by atoms with Gasteiger partial charge in [0.1, 0.15) is 12.4 Å². The molecule has 0 spiro atoms. The van der Waals surface area contributed by atoms with Gasteiger partial charge in [0.05, 0.1) is 0 Å². The third-order valence-corrected chi connectivity index (χ3v) is 4.08. The Hall–Kier alpha value is -1.06. The standard InChI is InChI=1S/C17H28N2O/c1-14-11-15(2)13-17(12-14)20-10-9-19(3)16-5-4-7-18-8-6-16/h11-13,16,18H,4-10H2,1-3H3. The van der Waals surface area contributed by atoms with Crippen molar-refractivity contribution in [3.63, 3.8) is 0 Å². The van der Waals surface area contributed by atoms with Gasteiger partial charge in [-0.05, 0) is 76.5 Å². The molecule has 20 heavy (non-hydrogen) atoms. The van der Waals surface area contributed by atoms with Crippen molar-refractivity contribution in [3.05, 3.63) is 29.3 Å². The fourth-order valence-corrected chi connectivity index (χ4v) is 2.95. The first-order valence-electron chi connectivity index (χ1n) is 7.77. The zero-order chi connectivity index (χ0) is 14.4. The molecule has 0 saturated carbocycles. The smallest absolute Gasteiger partial charge is 0.119 e. The molecule has 3 nitrogen and oxygen atoms in total. The van der Waals surface area contributed by atoms with E-state index in [-0.39, 0.29) is 0 Å². The Kier molecular flexibility index (Phi) is 5.86. The van der Waals surface area contributed by atoms with Gasteiger partial charge in [0.15, 0.2) is 0 Å². The second kappa shape index (κ2) is 7.65. The second-order valence-corrected chi connectivity index (χ2v) is 5.99. The van der Waals surface area contributed by atoms with Crippen LogP contribution in [0.15, 0.2) is 18.2 Å². The average Bonchev–Trinajstić information content (AvgIpc) is 2.66. The highest BCUT2D eigenvalue weighted by molar-refractivity contribution is 5.32. The van der Waals surface area contributed by atoms with Gasteiger partial charge in [0.25, 0.3) is 0 Å². The van der Waals surface area contributed by atoms with E-state index in [9.17, 15) is 0 Å². The van der Waals surface area contributed by atoms with Crippen LogP contribution in [0.2, 0.25) is 0 Å². The summed E-state index contributed by atoms with van der Waals surface area (Å²) in [6.45, 7) is 8.31. The number of hydrogen-bond donors (Lipinski definition) is 1. The van der Waals surface area contributed by atoms with Gasteiger partial charge in [-0.1, -0.05) is 6.07 Å². The van der Waals surface area contributed by atoms with Gasteiger partial charge in [-0.25, -0.2) is 0 Å². The SMILES string of the molecule is Cc1cc(C)cc(OCCN(C)C2CCCNCC2)c1. The summed E-state index contributed by atoms with van der Waals surface area (Å²) < 4.78 is 5.90. The Morgan fingerprint density at radius 1 is 1.15 bits per heavy atom. The van der Waals surface area contributed by atoms with Gasteiger partial charge in [-0.3, -0.25) is 4.90 Å². The Bertz CT molecular complexity index is 391. The number of benzene rings is 1. The first-order chi connectivity index (χ1) is 9.65. The maximum Gasteiger partial charge on any atom is 0.119 e. The van der Waals surface area contributed by atoms with Gasteiger partial charge in [-0.15, -0.1) is 0 Å². The molecule has 0 amide bonds. The molecule has 1 heterocycles. The normalized spacial score (nSPS) is 19.9. The minimum Gasteiger partial charge on any atom is -0.492 e. The summed E-state index contributed by atoms with van der Waals surface area (Å²) in [7, 11) is 2.22. The summed E-state index contributed by atoms with van der Waals surface area (Å²) in [5, 5.41) is 3.47. The minimum atomic E-state index is 0.702. The maximum atomic E-state index is 5.90. The number of aryl methyl sites for hydroxylation is 2. The summed E-state index contributed by atoms with van der Waals surface area (Å²) in [5.41, 5.74) is 2.53. The van der Waals surface area contributed by atoms with Crippen LogP contribution < -0.4 is 10.1 Å². The number of ether oxygens (including phenoxy) is 1. The number of rotatable bonds is 5. The first-order valence-corrected chi connectivity index (χ1v) is 7.77. The van der Waals surface area contributed by atoms with Crippen LogP contribution in [0.1, 0.15) is 30.4 Å². The lowest BCUT2D eigenvalue weighted by molar-refractivity contribution is 0.180. The van der Waals surface area contributed by atoms with Crippen LogP contribution in [-0.2, 0) is 0 Å². The molecule has 1 aliphatic rings. The van der Waals surface area contributed by atoms with Crippen LogP contribution in [0.5, 0.6) is 5.75 Å². The van der Waals surface area contributed by atoms with E-state index in [2.05, 4.69) is 49.3 Å². The average molecular weight is 276 g/mol. The van der Waals surface area contributed by atoms with Gasteiger partial charge >= 0.3 is 0 Å². The Labute approximate surface area is 123 Å². The van der Waals surface area contributed by atoms with E-state index >= 15 is 0 Å². The van der Waals surface area contributed by atoms with E-state index in [0.29, 0.717) is 6.04 Å². The van der Waals surface area contributed by atoms with E-state index < -0.39 is 0 Å². The lowest BCUT2D eigenvalue weighted by Gasteiger charge is -2.26. The maximum absolute atomic E-state index is 5.90. The molecule has 1 aromatic carbocycles. The molecule has 112 valence electrons. The second-order valence-electron chi connectivity index (χ2n) is 5.99. The van der Waals surface area contributed by atoms with Crippen molar-refractivity contribution in [1.82, 2.24) is 10.2 Å². The molecule has 1 saturated heterocycles. The Balaban J connectivity index is 1.76. The Morgan fingerprint density at radius 3 is 2.65 bits per heavy atom. The summed E-state index contributed by atoms with van der Waals surface area (Å²) in [4.78, 5) is 2.45. The Morgan fingerprint density at radius 2 is 1.90 bits per heavy atom. The fourth-order valence-electron chi connectivity index (χ4n) is 2.95. The number of likely N-dealkylation sites (N-methyl/N-ethyl adjacent to an activating group) is 1. The molecule has 0 aromatic heterocycles. The van der Waals surface area contributed by atoms with Crippen LogP contribution >= 0.6 is 0 Å². The molecule has 1 N–H and O–H groups in total. The lowest BCUT2D eigenvalue weighted by Crippen LogP contribution is -2.35. The molecule has 1 aromatic rings. The van der Waals surface area contributed by atoms with Crippen LogP contribution in [0.3, 0.4) is 0 Å². The first kappa shape index (κ1) is 15.3. The van der Waals surface area contributed by atoms with Crippen molar-refractivity contribution < 1.29 is 4.74 Å². The quantitative estimate of drug-likeness (QED) is 0.895. The number of nitrogens with zero attached hydrogens (tertiary/aromatic N) is 1. The van der Waals surface area contributed by atoms with Gasteiger partial charge < -0.3 is 10.1 Å². The highest BCUT2D eigenvalue weighted by Crippen LogP contribution is 2.16. The van der Waals surface area contributed by atoms with E-state index in [0.717, 1.165) is 25.4 Å². The van der Waals surface area contributed by atoms with E-state index in [4.69, 9.17) is 4.74 Å². The van der Waals surface area contributed by atoms with Crippen molar-refractivity contribution in [2.45, 2.75) is 39.2 Å². The van der Waals surface area contributed by atoms with Crippen LogP contribution in [0, 0.1) is 13.8 Å². The van der Waals surface area contributed by atoms with Gasteiger partial charge in [-0.2, -0.15) is 0 Å². The zero-order valence-corrected chi connectivity index (χ0v) is 13.1. The molecule has 1 fully saturated rings. The van der Waals surface area contributed by atoms with E-state index in [1.54, 1.807) is 0 Å². The van der Waals surface area contributed by atoms with E-state index in [1.807, 2.05) is 0 Å². The van der Waals surface area contributed by atoms with Crippen LogP contribution in [-0.4, -0.2) is 44.2 Å². The summed E-state index contributed by atoms with van der Waals surface area (Å²) in [5.74, 6) is 0.999. The monoisotopic (exact) mass is 276 g/mol. The summed E-state index contributed by atoms with van der Waals surface area (Å²) >= 11 is 0. The summed E-state index contributed by atoms with van der Waals surface area (Å²) in [6, 6.07) is 7.11. The number of hydrogen-bond acceptors (Lipinski definition) is 3. The van der Waals surface area contributed by atoms with Crippen molar-refractivity contribution in [2.75, 3.05) is 33.3 Å². The van der Waals surface area contributed by atoms with Crippen molar-refractivity contribution in [2.24, 2.45) is 0 Å². The molecule has 3 heteroatoms. The highest BCUT2D eigenvalue weighted by Gasteiger charge is 2.16. The minimum absolute atomic E-state index is 0.702. The predicted molar refractivity (Wildman–Crippen MR) is 84.5 cm³/mol. The molecule has 1 unspecified atom stereocenters. The summed E-state index contributed by atoms with van der Waals surface area (Å²) in [6.07, 6.45) is 3.83. The van der Waals surface area contributed by atoms with E-state index in [1.165, 1.54) is 36.9 Å². The van der Waals surface area contributed by atoms with Gasteiger partial charge in [0.2, 0.25) is 0 Å². The fraction of sp³-hybridized carbons (Fsp3) is 0.647. The lowest BCUT2D eigenvalue weighted by atomic mass is 10.1. The van der Waals surface area contributed by atoms with Crippen LogP contribution in [0.4, 0.5) is 0 Å². The third-order valence-electron chi connectivity index (χ3n) is 4.08. The van der Waals surface area contributed by atoms with Crippen molar-refractivity contribution in [1.29, 1.82) is 0 Å². The molecular formula is C17H28N2O. The molecular weight excluding hydrogens is 248 g/mol. The van der Waals surface area contributed by atoms with Gasteiger partial charge in [0, 0.05) is 12.6 Å². The third kappa shape index (κ3) is 4.80. The molecule has 0 aliphatic carbocycles. The molecule has 0 bridgehead atoms. The topological polar surface area (TPSA) is 24.5 Å². The largest absolute Gasteiger partial charge is 0.492 e. The number of nitrogens with one attached hydrogen (secondary N) is 1. The molecule has 2 rings (SSSR count). The highest BCUT2D eigenvalue weighted by atomic mass is 16.5. The molecule has 1 atom stereocenters. The molecule has 1 aliphatic heterocycles. The predicted octanol–water partition coefficient (Wildman–Crippen LogP) is 2.76. The van der Waals surface area contributed by atoms with Crippen molar-refractivity contribution in [3.8, 4) is 5.75 Å².